The fourth-order valence-corrected chi connectivity index (χ4v) is 5.95. The summed E-state index contributed by atoms with van der Waals surface area (Å²) in [4.78, 5) is 43.2. The van der Waals surface area contributed by atoms with Gasteiger partial charge in [0.2, 0.25) is 12.3 Å². The van der Waals surface area contributed by atoms with Crippen LogP contribution in [-0.2, 0) is 22.7 Å². The Morgan fingerprint density at radius 2 is 1.98 bits per heavy atom. The first-order chi connectivity index (χ1) is 20.3. The van der Waals surface area contributed by atoms with Crippen molar-refractivity contribution in [2.24, 2.45) is 5.92 Å². The van der Waals surface area contributed by atoms with Gasteiger partial charge in [-0.1, -0.05) is 35.9 Å². The second kappa shape index (κ2) is 13.4. The van der Waals surface area contributed by atoms with Gasteiger partial charge < -0.3 is 15.1 Å². The highest BCUT2D eigenvalue weighted by Crippen LogP contribution is 2.29. The molecule has 5 rings (SSSR count). The van der Waals surface area contributed by atoms with Gasteiger partial charge in [0.15, 0.2) is 11.6 Å². The van der Waals surface area contributed by atoms with Crippen LogP contribution in [0.2, 0.25) is 5.02 Å². The van der Waals surface area contributed by atoms with Gasteiger partial charge in [-0.3, -0.25) is 19.7 Å². The lowest BCUT2D eigenvalue weighted by atomic mass is 9.96. The molecule has 42 heavy (non-hydrogen) atoms. The minimum absolute atomic E-state index is 0.0235. The average molecular weight is 592 g/mol. The minimum atomic E-state index is -0.340. The molecular weight excluding hydrogens is 557 g/mol. The van der Waals surface area contributed by atoms with E-state index in [0.717, 1.165) is 49.2 Å². The quantitative estimate of drug-likeness (QED) is 0.307. The van der Waals surface area contributed by atoms with Crippen LogP contribution in [0.3, 0.4) is 0 Å². The van der Waals surface area contributed by atoms with E-state index >= 15 is 0 Å². The molecule has 3 amide bonds. The number of piperidine rings is 1. The van der Waals surface area contributed by atoms with Crippen molar-refractivity contribution in [3.05, 3.63) is 82.3 Å². The van der Waals surface area contributed by atoms with Gasteiger partial charge >= 0.3 is 0 Å². The van der Waals surface area contributed by atoms with Crippen molar-refractivity contribution < 1.29 is 18.8 Å². The first-order valence-corrected chi connectivity index (χ1v) is 14.7. The molecule has 2 aromatic carbocycles. The molecule has 1 aromatic heterocycles. The largest absolute Gasteiger partial charge is 0.354 e. The van der Waals surface area contributed by atoms with Gasteiger partial charge in [-0.25, -0.2) is 9.37 Å². The van der Waals surface area contributed by atoms with Crippen LogP contribution in [0.4, 0.5) is 10.2 Å². The third kappa shape index (κ3) is 6.97. The van der Waals surface area contributed by atoms with Gasteiger partial charge in [0.25, 0.3) is 5.91 Å². The molecule has 10 heteroatoms. The number of hydrogen-bond acceptors (Lipinski definition) is 6. The lowest BCUT2D eigenvalue weighted by Crippen LogP contribution is -2.38. The summed E-state index contributed by atoms with van der Waals surface area (Å²) in [5.74, 6) is 0.193. The zero-order valence-electron chi connectivity index (χ0n) is 23.6. The van der Waals surface area contributed by atoms with Crippen molar-refractivity contribution in [1.82, 2.24) is 20.5 Å². The van der Waals surface area contributed by atoms with E-state index in [1.54, 1.807) is 23.2 Å². The van der Waals surface area contributed by atoms with Crippen LogP contribution in [0, 0.1) is 11.7 Å². The summed E-state index contributed by atoms with van der Waals surface area (Å²) in [5, 5.41) is 6.30. The summed E-state index contributed by atoms with van der Waals surface area (Å²) in [5.41, 5.74) is 4.36. The van der Waals surface area contributed by atoms with Crippen molar-refractivity contribution in [1.29, 1.82) is 0 Å². The molecule has 0 aliphatic carbocycles. The highest BCUT2D eigenvalue weighted by molar-refractivity contribution is 6.30. The molecule has 3 heterocycles. The Balaban J connectivity index is 1.08. The Morgan fingerprint density at radius 3 is 2.71 bits per heavy atom. The van der Waals surface area contributed by atoms with Crippen molar-refractivity contribution in [3.63, 3.8) is 0 Å². The van der Waals surface area contributed by atoms with Crippen LogP contribution in [0.15, 0.2) is 54.7 Å². The van der Waals surface area contributed by atoms with Crippen molar-refractivity contribution in [2.75, 3.05) is 24.5 Å². The fraction of sp³-hybridized carbons (Fsp3) is 0.375. The summed E-state index contributed by atoms with van der Waals surface area (Å²) in [6, 6.07) is 14.7. The maximum Gasteiger partial charge on any atom is 0.254 e. The number of rotatable bonds is 11. The van der Waals surface area contributed by atoms with E-state index in [-0.39, 0.29) is 30.1 Å². The van der Waals surface area contributed by atoms with E-state index < -0.39 is 0 Å². The zero-order valence-corrected chi connectivity index (χ0v) is 24.4. The van der Waals surface area contributed by atoms with Gasteiger partial charge in [0, 0.05) is 61.0 Å². The zero-order chi connectivity index (χ0) is 29.6. The van der Waals surface area contributed by atoms with E-state index in [9.17, 15) is 18.8 Å². The van der Waals surface area contributed by atoms with Crippen LogP contribution in [0.5, 0.6) is 0 Å². The van der Waals surface area contributed by atoms with Gasteiger partial charge in [0.05, 0.1) is 0 Å². The highest BCUT2D eigenvalue weighted by Gasteiger charge is 2.31. The molecule has 2 N–H and O–H groups in total. The van der Waals surface area contributed by atoms with E-state index in [4.69, 9.17) is 11.6 Å². The Morgan fingerprint density at radius 1 is 1.17 bits per heavy atom. The summed E-state index contributed by atoms with van der Waals surface area (Å²) < 4.78 is 15.0. The number of imide groups is 1. The number of halogens is 2. The fourth-order valence-electron chi connectivity index (χ4n) is 5.76. The number of pyridine rings is 1. The number of nitrogens with zero attached hydrogens (tertiary/aromatic N) is 3. The summed E-state index contributed by atoms with van der Waals surface area (Å²) in [6.45, 7) is 5.49. The number of hydrogen-bond donors (Lipinski definition) is 2. The molecular formula is C32H35ClFN5O3. The number of carbonyl (C=O) groups is 3. The monoisotopic (exact) mass is 591 g/mol. The molecule has 3 aromatic rings. The second-order valence-corrected chi connectivity index (χ2v) is 11.5. The minimum Gasteiger partial charge on any atom is -0.354 e. The van der Waals surface area contributed by atoms with Crippen LogP contribution in [0.25, 0.3) is 11.1 Å². The molecule has 220 valence electrons. The first kappa shape index (κ1) is 29.7. The summed E-state index contributed by atoms with van der Waals surface area (Å²) in [7, 11) is 0. The number of carbonyl (C=O) groups excluding carboxylic acids is 3. The van der Waals surface area contributed by atoms with Crippen LogP contribution in [-0.4, -0.2) is 53.8 Å². The topological polar surface area (TPSA) is 94.6 Å². The lowest BCUT2D eigenvalue weighted by Gasteiger charge is -2.33. The molecule has 0 saturated carbocycles. The maximum absolute atomic E-state index is 15.0. The third-order valence-corrected chi connectivity index (χ3v) is 8.43. The Hall–Kier alpha value is -3.82. The SMILES string of the molecule is CC(CCC(=O)NC=O)N1Cc2cc(CNCC3CCN(c4ncc(-c5cccc(Cl)c5)cc4F)CC3)ccc2C1=O. The van der Waals surface area contributed by atoms with E-state index in [0.29, 0.717) is 53.8 Å². The highest BCUT2D eigenvalue weighted by atomic mass is 35.5. The van der Waals surface area contributed by atoms with Crippen molar-refractivity contribution in [2.45, 2.75) is 51.7 Å². The third-order valence-electron chi connectivity index (χ3n) is 8.20. The molecule has 0 radical (unpaired) electrons. The van der Waals surface area contributed by atoms with E-state index in [1.165, 1.54) is 6.07 Å². The molecule has 0 bridgehead atoms. The van der Waals surface area contributed by atoms with Crippen molar-refractivity contribution >= 4 is 35.6 Å². The van der Waals surface area contributed by atoms with Crippen molar-refractivity contribution in [3.8, 4) is 11.1 Å². The molecule has 2 aliphatic rings. The van der Waals surface area contributed by atoms with Gasteiger partial charge in [-0.15, -0.1) is 0 Å². The number of fused-ring (bicyclic) bond motifs is 1. The number of amides is 3. The summed E-state index contributed by atoms with van der Waals surface area (Å²) in [6.07, 6.45) is 4.65. The smallest absolute Gasteiger partial charge is 0.254 e. The summed E-state index contributed by atoms with van der Waals surface area (Å²) >= 11 is 6.08. The first-order valence-electron chi connectivity index (χ1n) is 14.4. The average Bonchev–Trinajstić information content (AvgIpc) is 3.32. The van der Waals surface area contributed by atoms with E-state index in [2.05, 4.69) is 21.7 Å². The van der Waals surface area contributed by atoms with Gasteiger partial charge in [-0.2, -0.15) is 0 Å². The molecule has 2 aliphatic heterocycles. The molecule has 8 nitrogen and oxygen atoms in total. The number of aromatic nitrogens is 1. The van der Waals surface area contributed by atoms with Gasteiger partial charge in [-0.05, 0) is 79.6 Å². The molecule has 0 spiro atoms. The van der Waals surface area contributed by atoms with Crippen LogP contribution in [0.1, 0.15) is 54.1 Å². The standard InChI is InChI=1S/C32H35ClFN5O3/c1-21(5-8-30(41)37-20-40)39-19-26-13-23(6-7-28(26)32(39)42)17-35-16-22-9-11-38(12-10-22)31-29(34)15-25(18-36-31)24-3-2-4-27(33)14-24/h2-4,6-7,13-15,18,20-22,35H,5,8-12,16-17,19H2,1H3,(H,37,40,41). The molecule has 1 unspecified atom stereocenters. The van der Waals surface area contributed by atoms with Crippen LogP contribution >= 0.6 is 11.6 Å². The number of anilines is 1. The maximum atomic E-state index is 15.0. The Bertz CT molecular complexity index is 1460. The predicted molar refractivity (Wildman–Crippen MR) is 161 cm³/mol. The Labute approximate surface area is 250 Å². The predicted octanol–water partition coefficient (Wildman–Crippen LogP) is 4.94. The number of nitrogens with one attached hydrogen (secondary N) is 2. The van der Waals surface area contributed by atoms with Gasteiger partial charge in [0.1, 0.15) is 0 Å². The Kier molecular flexibility index (Phi) is 9.49. The molecule has 1 fully saturated rings. The lowest BCUT2D eigenvalue weighted by molar-refractivity contribution is -0.125. The van der Waals surface area contributed by atoms with E-state index in [1.807, 2.05) is 36.1 Å². The number of benzene rings is 2. The normalized spacial score (nSPS) is 15.9. The molecule has 1 saturated heterocycles. The second-order valence-electron chi connectivity index (χ2n) is 11.1. The van der Waals surface area contributed by atoms with Crippen LogP contribution < -0.4 is 15.5 Å². The molecule has 1 atom stereocenters.